The number of likely N-dealkylation sites (tertiary alicyclic amines) is 1. The molecule has 0 spiro atoms. The molecule has 7 heteroatoms. The first-order valence-corrected chi connectivity index (χ1v) is 7.63. The van der Waals surface area contributed by atoms with Gasteiger partial charge in [-0.15, -0.1) is 0 Å². The molecule has 2 aliphatic rings. The fourth-order valence-electron chi connectivity index (χ4n) is 2.69. The Balaban J connectivity index is 1.56. The van der Waals surface area contributed by atoms with E-state index < -0.39 is 0 Å². The maximum Gasteiger partial charge on any atom is 0.316 e. The Morgan fingerprint density at radius 2 is 2.00 bits per heavy atom. The number of hydrogen-bond acceptors (Lipinski definition) is 5. The van der Waals surface area contributed by atoms with Crippen molar-refractivity contribution in [3.63, 3.8) is 0 Å². The van der Waals surface area contributed by atoms with Crippen LogP contribution in [0.25, 0.3) is 0 Å². The van der Waals surface area contributed by atoms with Crippen molar-refractivity contribution in [2.75, 3.05) is 20.2 Å². The summed E-state index contributed by atoms with van der Waals surface area (Å²) < 4.78 is 4.87. The molecule has 1 saturated carbocycles. The predicted molar refractivity (Wildman–Crippen MR) is 78.4 cm³/mol. The fourth-order valence-corrected chi connectivity index (χ4v) is 2.69. The number of piperidine rings is 1. The second kappa shape index (κ2) is 6.29. The van der Waals surface area contributed by atoms with Crippen LogP contribution in [-0.4, -0.2) is 52.9 Å². The molecular formula is C15H20N4O3. The van der Waals surface area contributed by atoms with Gasteiger partial charge in [-0.25, -0.2) is 9.97 Å². The summed E-state index contributed by atoms with van der Waals surface area (Å²) in [6.07, 6.45) is 6.71. The van der Waals surface area contributed by atoms with E-state index in [-0.39, 0.29) is 29.8 Å². The summed E-state index contributed by atoms with van der Waals surface area (Å²) in [5.41, 5.74) is 0.395. The molecule has 2 amide bonds. The lowest BCUT2D eigenvalue weighted by atomic mass is 10.0. The van der Waals surface area contributed by atoms with E-state index >= 15 is 0 Å². The van der Waals surface area contributed by atoms with Gasteiger partial charge in [0.1, 0.15) is 0 Å². The van der Waals surface area contributed by atoms with Crippen LogP contribution in [0, 0.1) is 5.92 Å². The second-order valence-electron chi connectivity index (χ2n) is 5.83. The highest BCUT2D eigenvalue weighted by Crippen LogP contribution is 2.31. The molecule has 2 heterocycles. The van der Waals surface area contributed by atoms with E-state index in [2.05, 4.69) is 15.3 Å². The van der Waals surface area contributed by atoms with E-state index in [1.54, 1.807) is 0 Å². The first kappa shape index (κ1) is 14.7. The van der Waals surface area contributed by atoms with Crippen molar-refractivity contribution >= 4 is 11.8 Å². The number of nitrogens with zero attached hydrogens (tertiary/aromatic N) is 3. The standard InChI is InChI=1S/C15H20N4O3/c1-22-15-16-7-11(8-17-15)13(20)18-12-3-2-6-19(9-12)14(21)10-4-5-10/h7-8,10,12H,2-6,9H2,1H3,(H,18,20). The Labute approximate surface area is 129 Å². The SMILES string of the molecule is COc1ncc(C(=O)NC2CCCN(C(=O)C3CC3)C2)cn1. The minimum atomic E-state index is -0.214. The normalized spacial score (nSPS) is 21.3. The summed E-state index contributed by atoms with van der Waals surface area (Å²) in [5, 5.41) is 2.96. The van der Waals surface area contributed by atoms with Gasteiger partial charge in [0, 0.05) is 37.4 Å². The predicted octanol–water partition coefficient (Wildman–Crippen LogP) is 0.616. The summed E-state index contributed by atoms with van der Waals surface area (Å²) in [4.78, 5) is 34.1. The van der Waals surface area contributed by atoms with Gasteiger partial charge in [-0.1, -0.05) is 0 Å². The molecule has 0 radical (unpaired) electrons. The largest absolute Gasteiger partial charge is 0.467 e. The molecule has 1 saturated heterocycles. The minimum Gasteiger partial charge on any atom is -0.467 e. The van der Waals surface area contributed by atoms with Gasteiger partial charge in [0.15, 0.2) is 0 Å². The number of carbonyl (C=O) groups excluding carboxylic acids is 2. The highest BCUT2D eigenvalue weighted by molar-refractivity contribution is 5.93. The third kappa shape index (κ3) is 3.35. The van der Waals surface area contributed by atoms with Crippen LogP contribution in [0.5, 0.6) is 6.01 Å². The molecule has 1 unspecified atom stereocenters. The average Bonchev–Trinajstić information content (AvgIpc) is 3.39. The van der Waals surface area contributed by atoms with Gasteiger partial charge in [-0.2, -0.15) is 0 Å². The first-order valence-electron chi connectivity index (χ1n) is 7.63. The second-order valence-corrected chi connectivity index (χ2v) is 5.83. The molecule has 0 bridgehead atoms. The van der Waals surface area contributed by atoms with Gasteiger partial charge < -0.3 is 15.0 Å². The molecule has 1 aliphatic heterocycles. The molecule has 1 aromatic rings. The molecule has 2 fully saturated rings. The lowest BCUT2D eigenvalue weighted by molar-refractivity contribution is -0.133. The summed E-state index contributed by atoms with van der Waals surface area (Å²) in [5.74, 6) is 0.254. The van der Waals surface area contributed by atoms with Crippen LogP contribution in [0.3, 0.4) is 0 Å². The number of ether oxygens (including phenoxy) is 1. The van der Waals surface area contributed by atoms with Crippen molar-refractivity contribution in [2.45, 2.75) is 31.7 Å². The molecule has 22 heavy (non-hydrogen) atoms. The molecule has 3 rings (SSSR count). The highest BCUT2D eigenvalue weighted by atomic mass is 16.5. The van der Waals surface area contributed by atoms with E-state index in [1.807, 2.05) is 4.90 Å². The van der Waals surface area contributed by atoms with Crippen LogP contribution < -0.4 is 10.1 Å². The lowest BCUT2D eigenvalue weighted by Gasteiger charge is -2.33. The highest BCUT2D eigenvalue weighted by Gasteiger charge is 2.35. The molecule has 1 atom stereocenters. The van der Waals surface area contributed by atoms with E-state index in [1.165, 1.54) is 19.5 Å². The Morgan fingerprint density at radius 3 is 2.64 bits per heavy atom. The van der Waals surface area contributed by atoms with Gasteiger partial charge in [-0.3, -0.25) is 9.59 Å². The van der Waals surface area contributed by atoms with E-state index in [0.717, 1.165) is 32.2 Å². The zero-order valence-electron chi connectivity index (χ0n) is 12.6. The Bertz CT molecular complexity index is 556. The van der Waals surface area contributed by atoms with Crippen molar-refractivity contribution in [2.24, 2.45) is 5.92 Å². The van der Waals surface area contributed by atoms with Crippen LogP contribution in [-0.2, 0) is 4.79 Å². The first-order chi connectivity index (χ1) is 10.7. The summed E-state index contributed by atoms with van der Waals surface area (Å²) >= 11 is 0. The van der Waals surface area contributed by atoms with Crippen LogP contribution >= 0.6 is 0 Å². The van der Waals surface area contributed by atoms with Gasteiger partial charge in [-0.05, 0) is 25.7 Å². The maximum absolute atomic E-state index is 12.2. The average molecular weight is 304 g/mol. The van der Waals surface area contributed by atoms with Gasteiger partial charge in [0.05, 0.1) is 12.7 Å². The Hall–Kier alpha value is -2.18. The van der Waals surface area contributed by atoms with E-state index in [9.17, 15) is 9.59 Å². The number of aromatic nitrogens is 2. The molecule has 118 valence electrons. The summed E-state index contributed by atoms with van der Waals surface area (Å²) in [6, 6.07) is 0.224. The number of rotatable bonds is 4. The Kier molecular flexibility index (Phi) is 4.22. The molecule has 1 aromatic heterocycles. The number of hydrogen-bond donors (Lipinski definition) is 1. The van der Waals surface area contributed by atoms with Crippen molar-refractivity contribution in [3.05, 3.63) is 18.0 Å². The zero-order valence-corrected chi connectivity index (χ0v) is 12.6. The molecule has 1 N–H and O–H groups in total. The molecular weight excluding hydrogens is 284 g/mol. The smallest absolute Gasteiger partial charge is 0.316 e. The van der Waals surface area contributed by atoms with Crippen LogP contribution in [0.1, 0.15) is 36.0 Å². The quantitative estimate of drug-likeness (QED) is 0.881. The fraction of sp³-hybridized carbons (Fsp3) is 0.600. The number of methoxy groups -OCH3 is 1. The Morgan fingerprint density at radius 1 is 1.27 bits per heavy atom. The van der Waals surface area contributed by atoms with Crippen molar-refractivity contribution in [1.82, 2.24) is 20.2 Å². The molecule has 7 nitrogen and oxygen atoms in total. The topological polar surface area (TPSA) is 84.4 Å². The van der Waals surface area contributed by atoms with Gasteiger partial charge in [0.25, 0.3) is 5.91 Å². The third-order valence-electron chi connectivity index (χ3n) is 4.07. The lowest BCUT2D eigenvalue weighted by Crippen LogP contribution is -2.50. The molecule has 0 aromatic carbocycles. The number of carbonyl (C=O) groups is 2. The maximum atomic E-state index is 12.2. The van der Waals surface area contributed by atoms with E-state index in [0.29, 0.717) is 12.1 Å². The van der Waals surface area contributed by atoms with Crippen LogP contribution in [0.2, 0.25) is 0 Å². The third-order valence-corrected chi connectivity index (χ3v) is 4.07. The number of amides is 2. The number of nitrogens with one attached hydrogen (secondary N) is 1. The van der Waals surface area contributed by atoms with Crippen molar-refractivity contribution in [3.8, 4) is 6.01 Å². The van der Waals surface area contributed by atoms with Crippen molar-refractivity contribution < 1.29 is 14.3 Å². The van der Waals surface area contributed by atoms with Crippen LogP contribution in [0.4, 0.5) is 0 Å². The van der Waals surface area contributed by atoms with Crippen LogP contribution in [0.15, 0.2) is 12.4 Å². The summed E-state index contributed by atoms with van der Waals surface area (Å²) in [6.45, 7) is 1.39. The molecule has 1 aliphatic carbocycles. The van der Waals surface area contributed by atoms with Gasteiger partial charge >= 0.3 is 6.01 Å². The van der Waals surface area contributed by atoms with Gasteiger partial charge in [0.2, 0.25) is 5.91 Å². The summed E-state index contributed by atoms with van der Waals surface area (Å²) in [7, 11) is 1.47. The monoisotopic (exact) mass is 304 g/mol. The minimum absolute atomic E-state index is 0.00829. The van der Waals surface area contributed by atoms with E-state index in [4.69, 9.17) is 4.74 Å². The van der Waals surface area contributed by atoms with Crippen molar-refractivity contribution in [1.29, 1.82) is 0 Å². The zero-order chi connectivity index (χ0) is 15.5.